The summed E-state index contributed by atoms with van der Waals surface area (Å²) >= 11 is 9.68. The quantitative estimate of drug-likeness (QED) is 0.291. The zero-order valence-corrected chi connectivity index (χ0v) is 21.2. The molecule has 10 heteroatoms. The van der Waals surface area contributed by atoms with Crippen LogP contribution in [0.1, 0.15) is 29.6 Å². The second kappa shape index (κ2) is 11.5. The molecule has 1 aliphatic heterocycles. The van der Waals surface area contributed by atoms with Crippen LogP contribution >= 0.6 is 34.7 Å². The molecule has 3 aromatic rings. The number of likely N-dealkylation sites (tertiary alicyclic amines) is 1. The Hall–Kier alpha value is -2.20. The van der Waals surface area contributed by atoms with Crippen molar-refractivity contribution in [1.82, 2.24) is 14.9 Å². The van der Waals surface area contributed by atoms with Crippen LogP contribution in [0.15, 0.2) is 40.3 Å². The molecule has 0 aliphatic carbocycles. The van der Waals surface area contributed by atoms with E-state index in [-0.39, 0.29) is 18.1 Å². The van der Waals surface area contributed by atoms with Crippen molar-refractivity contribution >= 4 is 57.4 Å². The van der Waals surface area contributed by atoms with Gasteiger partial charge in [-0.15, -0.1) is 11.3 Å². The molecule has 2 aromatic heterocycles. The average Bonchev–Trinajstić information content (AvgIpc) is 3.36. The Morgan fingerprint density at radius 1 is 1.35 bits per heavy atom. The summed E-state index contributed by atoms with van der Waals surface area (Å²) in [6, 6.07) is 5.35. The highest BCUT2D eigenvalue weighted by atomic mass is 35.5. The van der Waals surface area contributed by atoms with E-state index in [1.54, 1.807) is 54.6 Å². The van der Waals surface area contributed by atoms with Gasteiger partial charge in [0.05, 0.1) is 23.6 Å². The molecule has 34 heavy (non-hydrogen) atoms. The topological polar surface area (TPSA) is 92.6 Å². The van der Waals surface area contributed by atoms with Crippen molar-refractivity contribution in [3.8, 4) is 5.75 Å². The first-order valence-corrected chi connectivity index (χ1v) is 13.3. The number of carbonyl (C=O) groups excluding carboxylic acids is 1. The van der Waals surface area contributed by atoms with Crippen molar-refractivity contribution in [3.63, 3.8) is 0 Å². The SMILES string of the molecule is COc1ccc2ncc(Cl)c(C(=O)CC[C@H]3CCN(CCSc4nccs4)C[C@H]3C(=O)O)c2c1. The van der Waals surface area contributed by atoms with E-state index in [9.17, 15) is 14.7 Å². The molecular formula is C24H26ClN3O4S2. The summed E-state index contributed by atoms with van der Waals surface area (Å²) in [4.78, 5) is 36.0. The molecule has 0 unspecified atom stereocenters. The Morgan fingerprint density at radius 3 is 2.94 bits per heavy atom. The van der Waals surface area contributed by atoms with Crippen molar-refractivity contribution in [2.24, 2.45) is 11.8 Å². The first-order valence-electron chi connectivity index (χ1n) is 11.1. The van der Waals surface area contributed by atoms with Crippen molar-refractivity contribution in [3.05, 3.63) is 46.6 Å². The number of methoxy groups -OCH3 is 1. The van der Waals surface area contributed by atoms with E-state index in [4.69, 9.17) is 16.3 Å². The molecule has 180 valence electrons. The van der Waals surface area contributed by atoms with Gasteiger partial charge in [0.25, 0.3) is 0 Å². The van der Waals surface area contributed by atoms with Crippen LogP contribution in [-0.2, 0) is 4.79 Å². The summed E-state index contributed by atoms with van der Waals surface area (Å²) in [7, 11) is 1.57. The predicted octanol–water partition coefficient (Wildman–Crippen LogP) is 5.13. The third kappa shape index (κ3) is 5.89. The van der Waals surface area contributed by atoms with Crippen molar-refractivity contribution < 1.29 is 19.4 Å². The van der Waals surface area contributed by atoms with Crippen LogP contribution in [-0.4, -0.2) is 64.2 Å². The third-order valence-corrected chi connectivity index (χ3v) is 8.48. The van der Waals surface area contributed by atoms with Gasteiger partial charge < -0.3 is 14.7 Å². The number of nitrogens with zero attached hydrogens (tertiary/aromatic N) is 3. The van der Waals surface area contributed by atoms with E-state index in [0.29, 0.717) is 40.2 Å². The van der Waals surface area contributed by atoms with Gasteiger partial charge in [0, 0.05) is 54.0 Å². The number of aliphatic carboxylic acids is 1. The molecule has 1 fully saturated rings. The van der Waals surface area contributed by atoms with Crippen LogP contribution in [0, 0.1) is 11.8 Å². The highest BCUT2D eigenvalue weighted by Gasteiger charge is 2.34. The molecule has 2 atom stereocenters. The number of aromatic nitrogens is 2. The number of piperidine rings is 1. The second-order valence-corrected chi connectivity index (χ2v) is 10.9. The number of carboxylic acid groups (broad SMARTS) is 1. The zero-order valence-electron chi connectivity index (χ0n) is 18.8. The first kappa shape index (κ1) is 24.9. The van der Waals surface area contributed by atoms with Gasteiger partial charge in [-0.05, 0) is 43.5 Å². The van der Waals surface area contributed by atoms with Crippen LogP contribution in [0.3, 0.4) is 0 Å². The fourth-order valence-electron chi connectivity index (χ4n) is 4.44. The Kier molecular flexibility index (Phi) is 8.41. The van der Waals surface area contributed by atoms with Crippen LogP contribution < -0.4 is 4.74 Å². The van der Waals surface area contributed by atoms with E-state index >= 15 is 0 Å². The summed E-state index contributed by atoms with van der Waals surface area (Å²) < 4.78 is 6.33. The predicted molar refractivity (Wildman–Crippen MR) is 135 cm³/mol. The number of thiazole rings is 1. The lowest BCUT2D eigenvalue weighted by atomic mass is 9.81. The smallest absolute Gasteiger partial charge is 0.308 e. The van der Waals surface area contributed by atoms with Crippen molar-refractivity contribution in [2.45, 2.75) is 23.6 Å². The Labute approximate surface area is 211 Å². The third-order valence-electron chi connectivity index (χ3n) is 6.25. The minimum Gasteiger partial charge on any atom is -0.497 e. The molecule has 1 N–H and O–H groups in total. The molecule has 0 bridgehead atoms. The van der Waals surface area contributed by atoms with Gasteiger partial charge in [0.15, 0.2) is 5.78 Å². The lowest BCUT2D eigenvalue weighted by Gasteiger charge is -2.36. The number of thioether (sulfide) groups is 1. The molecule has 7 nitrogen and oxygen atoms in total. The number of ketones is 1. The minimum atomic E-state index is -0.799. The number of Topliss-reactive ketones (excluding diaryl/α,β-unsaturated/α-hetero) is 1. The number of halogens is 1. The first-order chi connectivity index (χ1) is 16.5. The van der Waals surface area contributed by atoms with Gasteiger partial charge in [-0.25, -0.2) is 4.98 Å². The van der Waals surface area contributed by atoms with Gasteiger partial charge in [-0.2, -0.15) is 0 Å². The summed E-state index contributed by atoms with van der Waals surface area (Å²) in [6.45, 7) is 2.15. The van der Waals surface area contributed by atoms with Crippen LogP contribution in [0.25, 0.3) is 10.9 Å². The number of ether oxygens (including phenoxy) is 1. The Bertz CT molecular complexity index is 1160. The molecule has 0 amide bonds. The average molecular weight is 520 g/mol. The number of hydrogen-bond donors (Lipinski definition) is 1. The second-order valence-electron chi connectivity index (χ2n) is 8.27. The Morgan fingerprint density at radius 2 is 2.21 bits per heavy atom. The summed E-state index contributed by atoms with van der Waals surface area (Å²) in [5, 5.41) is 12.8. The fourth-order valence-corrected chi connectivity index (χ4v) is 6.40. The number of pyridine rings is 1. The number of carbonyl (C=O) groups is 2. The van der Waals surface area contributed by atoms with Crippen LogP contribution in [0.4, 0.5) is 0 Å². The maximum absolute atomic E-state index is 13.2. The van der Waals surface area contributed by atoms with E-state index in [1.807, 2.05) is 5.38 Å². The molecular weight excluding hydrogens is 494 g/mol. The molecule has 0 saturated carbocycles. The van der Waals surface area contributed by atoms with E-state index < -0.39 is 11.9 Å². The van der Waals surface area contributed by atoms with Crippen LogP contribution in [0.2, 0.25) is 5.02 Å². The van der Waals surface area contributed by atoms with Gasteiger partial charge in [-0.1, -0.05) is 23.4 Å². The number of carboxylic acids is 1. The molecule has 0 radical (unpaired) electrons. The monoisotopic (exact) mass is 519 g/mol. The van der Waals surface area contributed by atoms with Crippen molar-refractivity contribution in [1.29, 1.82) is 0 Å². The molecule has 1 aromatic carbocycles. The Balaban J connectivity index is 1.38. The van der Waals surface area contributed by atoms with Gasteiger partial charge in [0.1, 0.15) is 10.1 Å². The normalized spacial score (nSPS) is 18.8. The number of rotatable bonds is 10. The summed E-state index contributed by atoms with van der Waals surface area (Å²) in [5.41, 5.74) is 1.09. The summed E-state index contributed by atoms with van der Waals surface area (Å²) in [6.07, 6.45) is 4.79. The highest BCUT2D eigenvalue weighted by molar-refractivity contribution is 8.01. The zero-order chi connectivity index (χ0) is 24.1. The largest absolute Gasteiger partial charge is 0.497 e. The lowest BCUT2D eigenvalue weighted by Crippen LogP contribution is -2.44. The van der Waals surface area contributed by atoms with Gasteiger partial charge >= 0.3 is 5.97 Å². The molecule has 0 spiro atoms. The van der Waals surface area contributed by atoms with E-state index in [1.165, 1.54) is 6.20 Å². The lowest BCUT2D eigenvalue weighted by molar-refractivity contribution is -0.146. The van der Waals surface area contributed by atoms with Crippen molar-refractivity contribution in [2.75, 3.05) is 32.5 Å². The molecule has 1 aliphatic rings. The van der Waals surface area contributed by atoms with Crippen LogP contribution in [0.5, 0.6) is 5.75 Å². The van der Waals surface area contributed by atoms with E-state index in [2.05, 4.69) is 14.9 Å². The fraction of sp³-hybridized carbons (Fsp3) is 0.417. The van der Waals surface area contributed by atoms with Gasteiger partial charge in [-0.3, -0.25) is 14.6 Å². The highest BCUT2D eigenvalue weighted by Crippen LogP contribution is 2.32. The number of hydrogen-bond acceptors (Lipinski definition) is 8. The van der Waals surface area contributed by atoms with Gasteiger partial charge in [0.2, 0.25) is 0 Å². The number of fused-ring (bicyclic) bond motifs is 1. The maximum atomic E-state index is 13.2. The number of benzene rings is 1. The summed E-state index contributed by atoms with van der Waals surface area (Å²) in [5.74, 6) is 0.0582. The van der Waals surface area contributed by atoms with E-state index in [0.717, 1.165) is 29.6 Å². The molecule has 1 saturated heterocycles. The standard InChI is InChI=1S/C24H26ClN3O4S2/c1-32-16-3-4-20-17(12-16)22(19(25)13-27-20)21(29)5-2-15-6-8-28(14-18(15)23(30)31)9-11-34-24-26-7-10-33-24/h3-4,7,10,12-13,15,18H,2,5-6,8-9,11,14H2,1H3,(H,30,31)/t15-,18+/m0/s1. The molecule has 3 heterocycles. The maximum Gasteiger partial charge on any atom is 0.308 e. The minimum absolute atomic E-state index is 0.0503. The molecule has 4 rings (SSSR count).